The molecule has 1 aliphatic rings. The molecular weight excluding hydrogens is 367 g/mol. The van der Waals surface area contributed by atoms with Crippen molar-refractivity contribution in [3.8, 4) is 0 Å². The van der Waals surface area contributed by atoms with Crippen molar-refractivity contribution in [3.05, 3.63) is 15.7 Å². The number of H-pyrrole nitrogens is 1. The van der Waals surface area contributed by atoms with Crippen LogP contribution >= 0.6 is 22.6 Å². The number of nitrogens with two attached hydrogens (primary N) is 1. The number of likely N-dealkylation sites (tertiary alicyclic amines) is 1. The summed E-state index contributed by atoms with van der Waals surface area (Å²) in [5, 5.41) is 10.7. The third-order valence-corrected chi connectivity index (χ3v) is 5.11. The third kappa shape index (κ3) is 3.18. The van der Waals surface area contributed by atoms with E-state index in [0.29, 0.717) is 12.0 Å². The van der Waals surface area contributed by atoms with Gasteiger partial charge in [0.05, 0.1) is 15.9 Å². The number of aromatic amines is 1. The fourth-order valence-electron chi connectivity index (χ4n) is 2.97. The van der Waals surface area contributed by atoms with Crippen molar-refractivity contribution >= 4 is 22.6 Å². The molecule has 20 heavy (non-hydrogen) atoms. The van der Waals surface area contributed by atoms with Crippen molar-refractivity contribution in [2.45, 2.75) is 64.4 Å². The zero-order chi connectivity index (χ0) is 14.9. The van der Waals surface area contributed by atoms with Crippen LogP contribution in [-0.4, -0.2) is 38.3 Å². The number of aliphatic hydroxyl groups excluding tert-OH is 1. The van der Waals surface area contributed by atoms with Crippen LogP contribution in [0.2, 0.25) is 0 Å². The molecule has 5 atom stereocenters. The summed E-state index contributed by atoms with van der Waals surface area (Å²) in [6.07, 6.45) is 4.26. The number of rotatable bonds is 5. The number of hydrogen-bond donors (Lipinski definition) is 3. The average molecular weight is 392 g/mol. The molecule has 6 heteroatoms. The number of nitrogens with one attached hydrogen (secondary N) is 1. The number of hydrogen-bond acceptors (Lipinski definition) is 4. The number of imidazole rings is 1. The van der Waals surface area contributed by atoms with Crippen LogP contribution in [0.1, 0.15) is 51.9 Å². The zero-order valence-electron chi connectivity index (χ0n) is 12.4. The molecule has 0 spiro atoms. The molecule has 1 aliphatic heterocycles. The van der Waals surface area contributed by atoms with Gasteiger partial charge in [-0.3, -0.25) is 4.90 Å². The highest BCUT2D eigenvalue weighted by Crippen LogP contribution is 2.37. The molecule has 2 rings (SSSR count). The lowest BCUT2D eigenvalue weighted by Crippen LogP contribution is -2.52. The number of aromatic nitrogens is 2. The van der Waals surface area contributed by atoms with Gasteiger partial charge in [-0.2, -0.15) is 0 Å². The maximum atomic E-state index is 10.7. The van der Waals surface area contributed by atoms with Gasteiger partial charge < -0.3 is 15.8 Å². The first-order chi connectivity index (χ1) is 9.45. The largest absolute Gasteiger partial charge is 0.377 e. The van der Waals surface area contributed by atoms with Crippen LogP contribution in [0.5, 0.6) is 0 Å². The lowest BCUT2D eigenvalue weighted by Gasteiger charge is -2.37. The van der Waals surface area contributed by atoms with Crippen molar-refractivity contribution in [3.63, 3.8) is 0 Å². The summed E-state index contributed by atoms with van der Waals surface area (Å²) in [5.41, 5.74) is 6.24. The Morgan fingerprint density at radius 1 is 1.60 bits per heavy atom. The molecule has 4 N–H and O–H groups in total. The highest BCUT2D eigenvalue weighted by Gasteiger charge is 2.40. The van der Waals surface area contributed by atoms with Crippen LogP contribution in [0.3, 0.4) is 0 Å². The second-order valence-electron chi connectivity index (χ2n) is 5.88. The lowest BCUT2D eigenvalue weighted by atomic mass is 9.97. The molecule has 2 heterocycles. The van der Waals surface area contributed by atoms with Gasteiger partial charge in [-0.15, -0.1) is 0 Å². The van der Waals surface area contributed by atoms with Crippen LogP contribution in [0, 0.1) is 9.62 Å². The van der Waals surface area contributed by atoms with E-state index in [9.17, 15) is 5.11 Å². The van der Waals surface area contributed by atoms with Crippen LogP contribution in [0.15, 0.2) is 6.20 Å². The van der Waals surface area contributed by atoms with Crippen molar-refractivity contribution in [1.29, 1.82) is 0 Å². The Labute approximate surface area is 134 Å². The highest BCUT2D eigenvalue weighted by molar-refractivity contribution is 14.1. The van der Waals surface area contributed by atoms with E-state index in [1.165, 1.54) is 0 Å². The van der Waals surface area contributed by atoms with E-state index in [-0.39, 0.29) is 12.1 Å². The fourth-order valence-corrected chi connectivity index (χ4v) is 3.39. The van der Waals surface area contributed by atoms with Crippen LogP contribution in [0.25, 0.3) is 0 Å². The lowest BCUT2D eigenvalue weighted by molar-refractivity contribution is -0.0554. The van der Waals surface area contributed by atoms with Gasteiger partial charge in [-0.05, 0) is 48.3 Å². The number of nitrogens with zero attached hydrogens (tertiary/aromatic N) is 2. The molecule has 1 fully saturated rings. The van der Waals surface area contributed by atoms with Gasteiger partial charge in [0, 0.05) is 12.1 Å². The van der Waals surface area contributed by atoms with E-state index in [2.05, 4.69) is 58.2 Å². The summed E-state index contributed by atoms with van der Waals surface area (Å²) in [7, 11) is 0. The smallest absolute Gasteiger partial charge is 0.124 e. The van der Waals surface area contributed by atoms with Gasteiger partial charge in [0.25, 0.3) is 0 Å². The summed E-state index contributed by atoms with van der Waals surface area (Å²) in [4.78, 5) is 9.85. The monoisotopic (exact) mass is 392 g/mol. The van der Waals surface area contributed by atoms with Crippen LogP contribution < -0.4 is 5.73 Å². The maximum absolute atomic E-state index is 10.7. The average Bonchev–Trinajstić information content (AvgIpc) is 3.02. The van der Waals surface area contributed by atoms with Gasteiger partial charge in [-0.25, -0.2) is 4.98 Å². The molecule has 1 saturated heterocycles. The van der Waals surface area contributed by atoms with Gasteiger partial charge in [0.2, 0.25) is 0 Å². The molecule has 5 nitrogen and oxygen atoms in total. The second kappa shape index (κ2) is 6.72. The van der Waals surface area contributed by atoms with Crippen molar-refractivity contribution < 1.29 is 5.11 Å². The van der Waals surface area contributed by atoms with Gasteiger partial charge in [0.15, 0.2) is 0 Å². The number of halogens is 1. The topological polar surface area (TPSA) is 78.2 Å². The van der Waals surface area contributed by atoms with E-state index in [1.54, 1.807) is 0 Å². The Bertz CT molecular complexity index is 439. The van der Waals surface area contributed by atoms with Crippen molar-refractivity contribution in [2.24, 2.45) is 11.7 Å². The molecule has 0 amide bonds. The zero-order valence-corrected chi connectivity index (χ0v) is 14.5. The van der Waals surface area contributed by atoms with Crippen molar-refractivity contribution in [2.75, 3.05) is 0 Å². The minimum Gasteiger partial charge on any atom is -0.377 e. The van der Waals surface area contributed by atoms with E-state index in [4.69, 9.17) is 5.73 Å². The molecule has 0 aliphatic carbocycles. The normalized spacial score (nSPS) is 28.5. The van der Waals surface area contributed by atoms with E-state index < -0.39 is 6.23 Å². The predicted molar refractivity (Wildman–Crippen MR) is 88.0 cm³/mol. The molecule has 0 radical (unpaired) electrons. The summed E-state index contributed by atoms with van der Waals surface area (Å²) >= 11 is 2.22. The SMILES string of the molecule is CC[C@H](C)[C@H](N)[C@H](O)N1[C@@H](C)CC[C@H]1c1ncc(I)[nH]1. The number of aliphatic hydroxyl groups is 1. The highest BCUT2D eigenvalue weighted by atomic mass is 127. The van der Waals surface area contributed by atoms with E-state index in [0.717, 1.165) is 28.8 Å². The Balaban J connectivity index is 2.18. The Morgan fingerprint density at radius 3 is 2.85 bits per heavy atom. The second-order valence-corrected chi connectivity index (χ2v) is 7.04. The maximum Gasteiger partial charge on any atom is 0.124 e. The van der Waals surface area contributed by atoms with E-state index >= 15 is 0 Å². The first kappa shape index (κ1) is 16.2. The first-order valence-electron chi connectivity index (χ1n) is 7.37. The Kier molecular flexibility index (Phi) is 5.44. The summed E-state index contributed by atoms with van der Waals surface area (Å²) in [5.74, 6) is 1.24. The van der Waals surface area contributed by atoms with E-state index in [1.807, 2.05) is 6.20 Å². The Hall–Kier alpha value is -0.180. The molecule has 0 unspecified atom stereocenters. The van der Waals surface area contributed by atoms with Gasteiger partial charge in [-0.1, -0.05) is 20.3 Å². The molecule has 114 valence electrons. The van der Waals surface area contributed by atoms with Gasteiger partial charge >= 0.3 is 0 Å². The van der Waals surface area contributed by atoms with Crippen molar-refractivity contribution in [1.82, 2.24) is 14.9 Å². The first-order valence-corrected chi connectivity index (χ1v) is 8.45. The molecule has 0 saturated carbocycles. The quantitative estimate of drug-likeness (QED) is 0.672. The predicted octanol–water partition coefficient (Wildman–Crippen LogP) is 2.23. The molecule has 0 aromatic carbocycles. The summed E-state index contributed by atoms with van der Waals surface area (Å²) in [6.45, 7) is 6.36. The molecular formula is C14H25IN4O. The molecule has 0 bridgehead atoms. The fraction of sp³-hybridized carbons (Fsp3) is 0.786. The molecule has 1 aromatic rings. The minimum atomic E-state index is -0.616. The van der Waals surface area contributed by atoms with Crippen LogP contribution in [-0.2, 0) is 0 Å². The summed E-state index contributed by atoms with van der Waals surface area (Å²) in [6, 6.07) is 0.239. The van der Waals surface area contributed by atoms with Crippen LogP contribution in [0.4, 0.5) is 0 Å². The van der Waals surface area contributed by atoms with Gasteiger partial charge in [0.1, 0.15) is 12.1 Å². The minimum absolute atomic E-state index is 0.138. The Morgan fingerprint density at radius 2 is 2.30 bits per heavy atom. The third-order valence-electron chi connectivity index (χ3n) is 4.56. The summed E-state index contributed by atoms with van der Waals surface area (Å²) < 4.78 is 1.03. The standard InChI is InChI=1S/C14H25IN4O/c1-4-8(2)12(16)14(20)19-9(3)5-6-10(19)13-17-7-11(15)18-13/h7-10,12,14,20H,4-6,16H2,1-3H3,(H,17,18)/t8-,9-,10-,12-,14-/m0/s1. The molecule has 1 aromatic heterocycles.